The first-order chi connectivity index (χ1) is 10.0. The Morgan fingerprint density at radius 3 is 2.81 bits per heavy atom. The van der Waals surface area contributed by atoms with E-state index in [4.69, 9.17) is 4.74 Å². The van der Waals surface area contributed by atoms with Gasteiger partial charge in [0.25, 0.3) is 0 Å². The van der Waals surface area contributed by atoms with E-state index in [9.17, 15) is 14.0 Å². The van der Waals surface area contributed by atoms with Crippen molar-refractivity contribution in [2.75, 3.05) is 24.6 Å². The van der Waals surface area contributed by atoms with Crippen molar-refractivity contribution >= 4 is 17.4 Å². The van der Waals surface area contributed by atoms with E-state index in [1.807, 2.05) is 4.90 Å². The van der Waals surface area contributed by atoms with Gasteiger partial charge in [0.2, 0.25) is 0 Å². The standard InChI is InChI=1S/C16H20FNO3/c1-3-21-16(20)12-5-4-6-18(10-12)15-8-13(11(2)19)7-14(17)9-15/h7-9,12H,3-6,10H2,1-2H3. The molecule has 0 N–H and O–H groups in total. The predicted octanol–water partition coefficient (Wildman–Crippen LogP) is 2.81. The van der Waals surface area contributed by atoms with Crippen molar-refractivity contribution < 1.29 is 18.7 Å². The number of piperidine rings is 1. The molecule has 1 heterocycles. The van der Waals surface area contributed by atoms with Gasteiger partial charge in [0, 0.05) is 24.3 Å². The third-order valence-electron chi connectivity index (χ3n) is 3.70. The summed E-state index contributed by atoms with van der Waals surface area (Å²) in [4.78, 5) is 25.2. The van der Waals surface area contributed by atoms with Crippen molar-refractivity contribution in [3.63, 3.8) is 0 Å². The number of carbonyl (C=O) groups excluding carboxylic acids is 2. The Hall–Kier alpha value is -1.91. The zero-order chi connectivity index (χ0) is 15.4. The lowest BCUT2D eigenvalue weighted by molar-refractivity contribution is -0.148. The Balaban J connectivity index is 2.17. The van der Waals surface area contributed by atoms with E-state index in [-0.39, 0.29) is 17.7 Å². The fourth-order valence-corrected chi connectivity index (χ4v) is 2.62. The summed E-state index contributed by atoms with van der Waals surface area (Å²) < 4.78 is 18.7. The molecule has 0 saturated carbocycles. The summed E-state index contributed by atoms with van der Waals surface area (Å²) >= 11 is 0. The van der Waals surface area contributed by atoms with E-state index in [0.717, 1.165) is 19.4 Å². The minimum Gasteiger partial charge on any atom is -0.466 e. The number of esters is 1. The van der Waals surface area contributed by atoms with Crippen LogP contribution in [-0.4, -0.2) is 31.4 Å². The molecule has 4 nitrogen and oxygen atoms in total. The van der Waals surface area contributed by atoms with Crippen molar-refractivity contribution in [3.8, 4) is 0 Å². The van der Waals surface area contributed by atoms with Crippen LogP contribution in [0.15, 0.2) is 18.2 Å². The molecule has 0 aromatic heterocycles. The first-order valence-corrected chi connectivity index (χ1v) is 7.24. The molecule has 1 aliphatic rings. The third kappa shape index (κ3) is 3.80. The minimum absolute atomic E-state index is 0.172. The van der Waals surface area contributed by atoms with Crippen molar-refractivity contribution in [1.82, 2.24) is 0 Å². The van der Waals surface area contributed by atoms with Crippen LogP contribution in [-0.2, 0) is 9.53 Å². The summed E-state index contributed by atoms with van der Waals surface area (Å²) in [7, 11) is 0. The molecule has 1 fully saturated rings. The molecule has 5 heteroatoms. The molecule has 1 saturated heterocycles. The maximum Gasteiger partial charge on any atom is 0.310 e. The number of halogens is 1. The lowest BCUT2D eigenvalue weighted by Gasteiger charge is -2.33. The molecule has 1 aromatic rings. The second kappa shape index (κ2) is 6.70. The normalized spacial score (nSPS) is 18.4. The van der Waals surface area contributed by atoms with E-state index in [1.165, 1.54) is 19.1 Å². The topological polar surface area (TPSA) is 46.6 Å². The molecule has 0 spiro atoms. The predicted molar refractivity (Wildman–Crippen MR) is 78.0 cm³/mol. The molecular formula is C16H20FNO3. The largest absolute Gasteiger partial charge is 0.466 e. The maximum absolute atomic E-state index is 13.6. The average molecular weight is 293 g/mol. The smallest absolute Gasteiger partial charge is 0.310 e. The number of benzene rings is 1. The monoisotopic (exact) mass is 293 g/mol. The van der Waals surface area contributed by atoms with Gasteiger partial charge in [-0.2, -0.15) is 0 Å². The van der Waals surface area contributed by atoms with Crippen LogP contribution in [0.4, 0.5) is 10.1 Å². The number of anilines is 1. The molecule has 21 heavy (non-hydrogen) atoms. The van der Waals surface area contributed by atoms with Crippen molar-refractivity contribution in [1.29, 1.82) is 0 Å². The molecule has 1 aromatic carbocycles. The molecule has 2 rings (SSSR count). The van der Waals surface area contributed by atoms with Gasteiger partial charge in [-0.25, -0.2) is 4.39 Å². The van der Waals surface area contributed by atoms with Gasteiger partial charge in [0.1, 0.15) is 5.82 Å². The van der Waals surface area contributed by atoms with Gasteiger partial charge < -0.3 is 9.64 Å². The molecule has 114 valence electrons. The summed E-state index contributed by atoms with van der Waals surface area (Å²) in [5.74, 6) is -1.00. The van der Waals surface area contributed by atoms with E-state index in [1.54, 1.807) is 13.0 Å². The maximum atomic E-state index is 13.6. The van der Waals surface area contributed by atoms with Crippen molar-refractivity contribution in [2.45, 2.75) is 26.7 Å². The lowest BCUT2D eigenvalue weighted by Crippen LogP contribution is -2.39. The van der Waals surface area contributed by atoms with Gasteiger partial charge in [-0.1, -0.05) is 0 Å². The highest BCUT2D eigenvalue weighted by atomic mass is 19.1. The minimum atomic E-state index is -0.434. The van der Waals surface area contributed by atoms with Crippen LogP contribution in [0.25, 0.3) is 0 Å². The number of nitrogens with zero attached hydrogens (tertiary/aromatic N) is 1. The Kier molecular flexibility index (Phi) is 4.94. The number of Topliss-reactive ketones (excluding diaryl/α,β-unsaturated/α-hetero) is 1. The van der Waals surface area contributed by atoms with Crippen LogP contribution in [0.5, 0.6) is 0 Å². The SMILES string of the molecule is CCOC(=O)C1CCCN(c2cc(F)cc(C(C)=O)c2)C1. The van der Waals surface area contributed by atoms with Crippen LogP contribution in [0.1, 0.15) is 37.0 Å². The highest BCUT2D eigenvalue weighted by Gasteiger charge is 2.27. The highest BCUT2D eigenvalue weighted by Crippen LogP contribution is 2.26. The third-order valence-corrected chi connectivity index (χ3v) is 3.70. The van der Waals surface area contributed by atoms with Gasteiger partial charge in [0.15, 0.2) is 5.78 Å². The summed E-state index contributed by atoms with van der Waals surface area (Å²) in [5.41, 5.74) is 0.998. The van der Waals surface area contributed by atoms with E-state index < -0.39 is 5.82 Å². The van der Waals surface area contributed by atoms with Crippen molar-refractivity contribution in [2.24, 2.45) is 5.92 Å². The number of hydrogen-bond acceptors (Lipinski definition) is 4. The molecule has 1 aliphatic heterocycles. The van der Waals surface area contributed by atoms with Gasteiger partial charge >= 0.3 is 5.97 Å². The fraction of sp³-hybridized carbons (Fsp3) is 0.500. The number of rotatable bonds is 4. The van der Waals surface area contributed by atoms with E-state index in [0.29, 0.717) is 24.4 Å². The fourth-order valence-electron chi connectivity index (χ4n) is 2.62. The van der Waals surface area contributed by atoms with Crippen LogP contribution in [0.3, 0.4) is 0 Å². The van der Waals surface area contributed by atoms with Crippen LogP contribution >= 0.6 is 0 Å². The Morgan fingerprint density at radius 1 is 1.38 bits per heavy atom. The van der Waals surface area contributed by atoms with Gasteiger partial charge in [0.05, 0.1) is 12.5 Å². The van der Waals surface area contributed by atoms with Crippen LogP contribution in [0, 0.1) is 11.7 Å². The molecule has 0 bridgehead atoms. The van der Waals surface area contributed by atoms with Crippen LogP contribution < -0.4 is 4.90 Å². The average Bonchev–Trinajstić information content (AvgIpc) is 2.47. The molecule has 1 atom stereocenters. The number of hydrogen-bond donors (Lipinski definition) is 0. The zero-order valence-electron chi connectivity index (χ0n) is 12.4. The first-order valence-electron chi connectivity index (χ1n) is 7.24. The van der Waals surface area contributed by atoms with E-state index in [2.05, 4.69) is 0 Å². The Morgan fingerprint density at radius 2 is 2.14 bits per heavy atom. The summed E-state index contributed by atoms with van der Waals surface area (Å²) in [6, 6.07) is 4.32. The lowest BCUT2D eigenvalue weighted by atomic mass is 9.97. The zero-order valence-corrected chi connectivity index (χ0v) is 12.4. The highest BCUT2D eigenvalue weighted by molar-refractivity contribution is 5.95. The Labute approximate surface area is 123 Å². The Bertz CT molecular complexity index is 544. The number of ketones is 1. The first kappa shape index (κ1) is 15.5. The second-order valence-corrected chi connectivity index (χ2v) is 5.29. The summed E-state index contributed by atoms with van der Waals surface area (Å²) in [6.45, 7) is 4.81. The quantitative estimate of drug-likeness (QED) is 0.632. The van der Waals surface area contributed by atoms with Gasteiger partial charge in [-0.3, -0.25) is 9.59 Å². The van der Waals surface area contributed by atoms with Crippen molar-refractivity contribution in [3.05, 3.63) is 29.6 Å². The molecule has 0 aliphatic carbocycles. The summed E-state index contributed by atoms with van der Waals surface area (Å²) in [5, 5.41) is 0. The molecule has 0 amide bonds. The summed E-state index contributed by atoms with van der Waals surface area (Å²) in [6.07, 6.45) is 1.62. The van der Waals surface area contributed by atoms with Gasteiger partial charge in [-0.05, 0) is 44.9 Å². The number of carbonyl (C=O) groups is 2. The van der Waals surface area contributed by atoms with Crippen LogP contribution in [0.2, 0.25) is 0 Å². The van der Waals surface area contributed by atoms with Gasteiger partial charge in [-0.15, -0.1) is 0 Å². The molecular weight excluding hydrogens is 273 g/mol. The number of ether oxygens (including phenoxy) is 1. The second-order valence-electron chi connectivity index (χ2n) is 5.29. The molecule has 1 unspecified atom stereocenters. The van der Waals surface area contributed by atoms with E-state index >= 15 is 0 Å². The molecule has 0 radical (unpaired) electrons.